The molecule has 0 unspecified atom stereocenters. The molecule has 0 bridgehead atoms. The van der Waals surface area contributed by atoms with Crippen LogP contribution in [0.3, 0.4) is 0 Å². The number of rotatable bonds is 13. The molecule has 2 fully saturated rings. The zero-order chi connectivity index (χ0) is 28.4. The van der Waals surface area contributed by atoms with Crippen LogP contribution >= 0.6 is 0 Å². The molecule has 0 radical (unpaired) electrons. The highest BCUT2D eigenvalue weighted by Crippen LogP contribution is 2.17. The Hall–Kier alpha value is -4.69. The SMILES string of the molecule is COc1ccc(CNc2nc(NCc3ccc(OCCN4CCOCC4)cc3)nc(NN3CC(=O)NC3=O)n2)cc1. The predicted octanol–water partition coefficient (Wildman–Crippen LogP) is 1.69. The number of ether oxygens (including phenoxy) is 3. The summed E-state index contributed by atoms with van der Waals surface area (Å²) in [6, 6.07) is 14.8. The average molecular weight is 564 g/mol. The number of morpholine rings is 1. The lowest BCUT2D eigenvalue weighted by Crippen LogP contribution is -2.38. The molecular formula is C27H33N9O5. The minimum Gasteiger partial charge on any atom is -0.497 e. The number of hydrogen-bond acceptors (Lipinski definition) is 12. The van der Waals surface area contributed by atoms with E-state index in [4.69, 9.17) is 14.2 Å². The van der Waals surface area contributed by atoms with Crippen LogP contribution in [0.15, 0.2) is 48.5 Å². The number of carbonyl (C=O) groups excluding carboxylic acids is 2. The molecule has 0 aliphatic carbocycles. The van der Waals surface area contributed by atoms with Crippen molar-refractivity contribution < 1.29 is 23.8 Å². The molecule has 3 aromatic rings. The van der Waals surface area contributed by atoms with Crippen LogP contribution in [0.1, 0.15) is 11.1 Å². The van der Waals surface area contributed by atoms with Crippen molar-refractivity contribution in [1.82, 2.24) is 30.2 Å². The number of hydrogen-bond donors (Lipinski definition) is 4. The predicted molar refractivity (Wildman–Crippen MR) is 151 cm³/mol. The van der Waals surface area contributed by atoms with Gasteiger partial charge in [-0.1, -0.05) is 24.3 Å². The second-order valence-corrected chi connectivity index (χ2v) is 9.36. The minimum atomic E-state index is -0.579. The van der Waals surface area contributed by atoms with E-state index in [1.165, 1.54) is 0 Å². The topological polar surface area (TPSA) is 155 Å². The molecule has 14 nitrogen and oxygen atoms in total. The Labute approximate surface area is 237 Å². The maximum atomic E-state index is 12.0. The number of methoxy groups -OCH3 is 1. The van der Waals surface area contributed by atoms with Crippen molar-refractivity contribution in [2.75, 3.05) is 69.2 Å². The van der Waals surface area contributed by atoms with Gasteiger partial charge in [0, 0.05) is 32.7 Å². The lowest BCUT2D eigenvalue weighted by atomic mass is 10.2. The van der Waals surface area contributed by atoms with E-state index >= 15 is 0 Å². The van der Waals surface area contributed by atoms with Crippen LogP contribution in [0.5, 0.6) is 11.5 Å². The van der Waals surface area contributed by atoms with E-state index in [0.29, 0.717) is 19.7 Å². The summed E-state index contributed by atoms with van der Waals surface area (Å²) in [5, 5.41) is 9.69. The zero-order valence-corrected chi connectivity index (χ0v) is 22.8. The first kappa shape index (κ1) is 27.9. The van der Waals surface area contributed by atoms with Gasteiger partial charge in [0.15, 0.2) is 0 Å². The van der Waals surface area contributed by atoms with E-state index in [1.807, 2.05) is 48.5 Å². The van der Waals surface area contributed by atoms with Gasteiger partial charge in [-0.15, -0.1) is 0 Å². The second-order valence-electron chi connectivity index (χ2n) is 9.36. The Balaban J connectivity index is 1.20. The number of hydrazine groups is 1. The first-order valence-electron chi connectivity index (χ1n) is 13.3. The molecule has 0 saturated carbocycles. The first-order chi connectivity index (χ1) is 20.0. The largest absolute Gasteiger partial charge is 0.497 e. The van der Waals surface area contributed by atoms with Gasteiger partial charge in [-0.2, -0.15) is 15.0 Å². The van der Waals surface area contributed by atoms with Crippen LogP contribution < -0.4 is 30.8 Å². The molecule has 3 amide bonds. The molecule has 4 N–H and O–H groups in total. The quantitative estimate of drug-likeness (QED) is 0.224. The average Bonchev–Trinajstić information content (AvgIpc) is 3.32. The van der Waals surface area contributed by atoms with Crippen LogP contribution in [0.4, 0.5) is 22.6 Å². The van der Waals surface area contributed by atoms with Crippen molar-refractivity contribution >= 4 is 29.8 Å². The highest BCUT2D eigenvalue weighted by atomic mass is 16.5. The fourth-order valence-electron chi connectivity index (χ4n) is 4.16. The van der Waals surface area contributed by atoms with Crippen LogP contribution in [0, 0.1) is 0 Å². The maximum Gasteiger partial charge on any atom is 0.343 e. The van der Waals surface area contributed by atoms with Gasteiger partial charge in [-0.05, 0) is 35.4 Å². The van der Waals surface area contributed by atoms with Gasteiger partial charge in [-0.3, -0.25) is 20.4 Å². The summed E-state index contributed by atoms with van der Waals surface area (Å²) < 4.78 is 16.5. The Morgan fingerprint density at radius 2 is 1.44 bits per heavy atom. The Kier molecular flexibility index (Phi) is 9.23. The molecular weight excluding hydrogens is 530 g/mol. The van der Waals surface area contributed by atoms with E-state index < -0.39 is 11.9 Å². The molecule has 14 heteroatoms. The van der Waals surface area contributed by atoms with Crippen molar-refractivity contribution in [3.8, 4) is 11.5 Å². The van der Waals surface area contributed by atoms with Crippen LogP contribution in [0.25, 0.3) is 0 Å². The molecule has 3 heterocycles. The molecule has 216 valence electrons. The fourth-order valence-corrected chi connectivity index (χ4v) is 4.16. The van der Waals surface area contributed by atoms with E-state index in [-0.39, 0.29) is 24.4 Å². The van der Waals surface area contributed by atoms with Gasteiger partial charge in [0.1, 0.15) is 24.7 Å². The molecule has 2 aliphatic rings. The fraction of sp³-hybridized carbons (Fsp3) is 0.370. The van der Waals surface area contributed by atoms with Gasteiger partial charge >= 0.3 is 6.03 Å². The number of nitrogens with zero attached hydrogens (tertiary/aromatic N) is 5. The standard InChI is InChI=1S/C27H33N9O5/c1-39-21-6-2-19(3-7-21)16-28-24-31-25(33-26(32-24)34-36-18-23(37)30-27(36)38)29-17-20-4-8-22(9-5-20)41-15-12-35-10-13-40-14-11-35/h2-9H,10-18H2,1H3,(H,30,37,38)(H3,28,29,31,32,33,34). The van der Waals surface area contributed by atoms with Crippen molar-refractivity contribution in [2.24, 2.45) is 0 Å². The van der Waals surface area contributed by atoms with Crippen LogP contribution in [-0.2, 0) is 22.6 Å². The third kappa shape index (κ3) is 8.16. The smallest absolute Gasteiger partial charge is 0.343 e. The summed E-state index contributed by atoms with van der Waals surface area (Å²) in [5.74, 6) is 1.83. The normalized spacial score (nSPS) is 15.4. The van der Waals surface area contributed by atoms with Gasteiger partial charge in [0.05, 0.1) is 20.3 Å². The number of carbonyl (C=O) groups is 2. The summed E-state index contributed by atoms with van der Waals surface area (Å²) in [7, 11) is 1.62. The molecule has 5 rings (SSSR count). The number of benzene rings is 2. The van der Waals surface area contributed by atoms with Gasteiger partial charge in [-0.25, -0.2) is 9.80 Å². The third-order valence-electron chi connectivity index (χ3n) is 6.43. The molecule has 0 spiro atoms. The monoisotopic (exact) mass is 563 g/mol. The third-order valence-corrected chi connectivity index (χ3v) is 6.43. The van der Waals surface area contributed by atoms with E-state index in [9.17, 15) is 9.59 Å². The molecule has 0 atom stereocenters. The van der Waals surface area contributed by atoms with Gasteiger partial charge in [0.25, 0.3) is 0 Å². The van der Waals surface area contributed by atoms with E-state index in [2.05, 4.69) is 41.2 Å². The molecule has 2 aromatic carbocycles. The van der Waals surface area contributed by atoms with Crippen LogP contribution in [0.2, 0.25) is 0 Å². The lowest BCUT2D eigenvalue weighted by molar-refractivity contribution is -0.118. The lowest BCUT2D eigenvalue weighted by Gasteiger charge is -2.26. The van der Waals surface area contributed by atoms with Crippen molar-refractivity contribution in [1.29, 1.82) is 0 Å². The number of aromatic nitrogens is 3. The maximum absolute atomic E-state index is 12.0. The molecule has 2 aliphatic heterocycles. The van der Waals surface area contributed by atoms with E-state index in [1.54, 1.807) is 7.11 Å². The Morgan fingerprint density at radius 3 is 2.00 bits per heavy atom. The van der Waals surface area contributed by atoms with Crippen molar-refractivity contribution in [2.45, 2.75) is 13.1 Å². The zero-order valence-electron chi connectivity index (χ0n) is 22.8. The van der Waals surface area contributed by atoms with Gasteiger partial charge < -0.3 is 24.8 Å². The molecule has 1 aromatic heterocycles. The first-order valence-corrected chi connectivity index (χ1v) is 13.3. The number of amides is 3. The number of anilines is 3. The summed E-state index contributed by atoms with van der Waals surface area (Å²) in [6.07, 6.45) is 0. The highest BCUT2D eigenvalue weighted by molar-refractivity contribution is 6.02. The summed E-state index contributed by atoms with van der Waals surface area (Å²) >= 11 is 0. The Bertz CT molecular complexity index is 1320. The van der Waals surface area contributed by atoms with Crippen molar-refractivity contribution in [3.63, 3.8) is 0 Å². The summed E-state index contributed by atoms with van der Waals surface area (Å²) in [5.41, 5.74) is 4.77. The summed E-state index contributed by atoms with van der Waals surface area (Å²) in [4.78, 5) is 39.1. The number of urea groups is 1. The van der Waals surface area contributed by atoms with E-state index in [0.717, 1.165) is 60.5 Å². The van der Waals surface area contributed by atoms with Crippen molar-refractivity contribution in [3.05, 3.63) is 59.7 Å². The number of imide groups is 1. The van der Waals surface area contributed by atoms with Gasteiger partial charge in [0.2, 0.25) is 23.8 Å². The van der Waals surface area contributed by atoms with Crippen LogP contribution in [-0.4, -0.2) is 89.9 Å². The highest BCUT2D eigenvalue weighted by Gasteiger charge is 2.27. The second kappa shape index (κ2) is 13.6. The Morgan fingerprint density at radius 1 is 0.854 bits per heavy atom. The molecule has 2 saturated heterocycles. The minimum absolute atomic E-state index is 0.105. The number of nitrogens with one attached hydrogen (secondary N) is 4. The molecule has 41 heavy (non-hydrogen) atoms. The summed E-state index contributed by atoms with van der Waals surface area (Å²) in [6.45, 7) is 5.63.